The van der Waals surface area contributed by atoms with Gasteiger partial charge in [0.15, 0.2) is 0 Å². The van der Waals surface area contributed by atoms with Crippen LogP contribution in [0.4, 0.5) is 0 Å². The second-order valence-corrected chi connectivity index (χ2v) is 5.06. The van der Waals surface area contributed by atoms with Crippen molar-refractivity contribution < 1.29 is 4.79 Å². The molecule has 1 rings (SSSR count). The molecule has 19 heavy (non-hydrogen) atoms. The number of carbonyl (C=O) groups is 1. The van der Waals surface area contributed by atoms with Crippen molar-refractivity contribution in [2.75, 3.05) is 27.2 Å². The van der Waals surface area contributed by atoms with Crippen LogP contribution in [-0.2, 0) is 17.9 Å². The molecule has 4 heteroatoms. The zero-order chi connectivity index (χ0) is 14.4. The number of aryl methyl sites for hydroxylation is 1. The first-order valence-electron chi connectivity index (χ1n) is 6.68. The number of benzene rings is 1. The molecule has 0 heterocycles. The number of amides is 1. The molecular weight excluding hydrogens is 238 g/mol. The number of hydrogen-bond acceptors (Lipinski definition) is 3. The molecule has 0 saturated heterocycles. The van der Waals surface area contributed by atoms with Crippen molar-refractivity contribution in [1.82, 2.24) is 9.80 Å². The lowest BCUT2D eigenvalue weighted by atomic mass is 10.0. The summed E-state index contributed by atoms with van der Waals surface area (Å²) in [5, 5.41) is 0. The van der Waals surface area contributed by atoms with E-state index in [1.165, 1.54) is 11.1 Å². The molecule has 2 N–H and O–H groups in total. The van der Waals surface area contributed by atoms with Crippen LogP contribution in [0.2, 0.25) is 0 Å². The van der Waals surface area contributed by atoms with E-state index in [-0.39, 0.29) is 5.91 Å². The Hall–Kier alpha value is -1.39. The van der Waals surface area contributed by atoms with E-state index in [1.54, 1.807) is 19.0 Å². The molecule has 1 aromatic rings. The highest BCUT2D eigenvalue weighted by Crippen LogP contribution is 2.13. The number of likely N-dealkylation sites (N-methyl/N-ethyl adjacent to an activating group) is 2. The Kier molecular flexibility index (Phi) is 5.99. The Morgan fingerprint density at radius 2 is 2.00 bits per heavy atom. The highest BCUT2D eigenvalue weighted by molar-refractivity contribution is 5.77. The molecule has 0 aliphatic heterocycles. The van der Waals surface area contributed by atoms with Crippen molar-refractivity contribution in [3.8, 4) is 0 Å². The Balaban J connectivity index is 2.73. The molecule has 0 radical (unpaired) electrons. The predicted octanol–water partition coefficient (Wildman–Crippen LogP) is 1.36. The summed E-state index contributed by atoms with van der Waals surface area (Å²) in [6, 6.07) is 6.29. The average Bonchev–Trinajstić information content (AvgIpc) is 2.39. The molecule has 0 unspecified atom stereocenters. The third-order valence-corrected chi connectivity index (χ3v) is 3.34. The molecule has 106 valence electrons. The van der Waals surface area contributed by atoms with Gasteiger partial charge in [-0.2, -0.15) is 0 Å². The summed E-state index contributed by atoms with van der Waals surface area (Å²) in [6.07, 6.45) is 0. The van der Waals surface area contributed by atoms with Gasteiger partial charge in [-0.05, 0) is 30.2 Å². The summed E-state index contributed by atoms with van der Waals surface area (Å²) >= 11 is 0. The highest BCUT2D eigenvalue weighted by atomic mass is 16.2. The standard InChI is InChI=1S/C15H25N3O/c1-5-18(11-15(19)17(3)4)10-14-7-6-13(9-16)8-12(14)2/h6-8H,5,9-11,16H2,1-4H3. The van der Waals surface area contributed by atoms with E-state index in [9.17, 15) is 4.79 Å². The maximum absolute atomic E-state index is 11.8. The van der Waals surface area contributed by atoms with Gasteiger partial charge in [0.05, 0.1) is 6.54 Å². The SMILES string of the molecule is CCN(CC(=O)N(C)C)Cc1ccc(CN)cc1C. The van der Waals surface area contributed by atoms with E-state index in [4.69, 9.17) is 5.73 Å². The van der Waals surface area contributed by atoms with Gasteiger partial charge >= 0.3 is 0 Å². The van der Waals surface area contributed by atoms with E-state index in [0.717, 1.165) is 18.7 Å². The molecule has 0 bridgehead atoms. The van der Waals surface area contributed by atoms with E-state index in [2.05, 4.69) is 36.9 Å². The first kappa shape index (κ1) is 15.7. The van der Waals surface area contributed by atoms with E-state index in [0.29, 0.717) is 13.1 Å². The Morgan fingerprint density at radius 3 is 2.47 bits per heavy atom. The fraction of sp³-hybridized carbons (Fsp3) is 0.533. The lowest BCUT2D eigenvalue weighted by Gasteiger charge is -2.23. The number of carbonyl (C=O) groups excluding carboxylic acids is 1. The average molecular weight is 263 g/mol. The van der Waals surface area contributed by atoms with Gasteiger partial charge in [-0.25, -0.2) is 0 Å². The number of nitrogens with two attached hydrogens (primary N) is 1. The third kappa shape index (κ3) is 4.65. The van der Waals surface area contributed by atoms with Gasteiger partial charge in [0.2, 0.25) is 5.91 Å². The maximum atomic E-state index is 11.8. The summed E-state index contributed by atoms with van der Waals surface area (Å²) in [4.78, 5) is 15.5. The molecule has 0 aliphatic rings. The van der Waals surface area contributed by atoms with Crippen LogP contribution >= 0.6 is 0 Å². The largest absolute Gasteiger partial charge is 0.348 e. The second-order valence-electron chi connectivity index (χ2n) is 5.06. The van der Waals surface area contributed by atoms with Crippen LogP contribution in [0.5, 0.6) is 0 Å². The summed E-state index contributed by atoms with van der Waals surface area (Å²) < 4.78 is 0. The molecule has 0 fully saturated rings. The predicted molar refractivity (Wildman–Crippen MR) is 78.7 cm³/mol. The maximum Gasteiger partial charge on any atom is 0.236 e. The number of nitrogens with zero attached hydrogens (tertiary/aromatic N) is 2. The van der Waals surface area contributed by atoms with Gasteiger partial charge in [-0.15, -0.1) is 0 Å². The van der Waals surface area contributed by atoms with Crippen molar-refractivity contribution in [3.63, 3.8) is 0 Å². The van der Waals surface area contributed by atoms with Gasteiger partial charge in [0.25, 0.3) is 0 Å². The minimum Gasteiger partial charge on any atom is -0.348 e. The molecule has 0 aromatic heterocycles. The van der Waals surface area contributed by atoms with Crippen LogP contribution in [-0.4, -0.2) is 42.9 Å². The number of rotatable bonds is 6. The van der Waals surface area contributed by atoms with Gasteiger partial charge in [-0.1, -0.05) is 25.1 Å². The van der Waals surface area contributed by atoms with Gasteiger partial charge in [0.1, 0.15) is 0 Å². The van der Waals surface area contributed by atoms with Gasteiger partial charge in [0, 0.05) is 27.2 Å². The summed E-state index contributed by atoms with van der Waals surface area (Å²) in [7, 11) is 3.58. The lowest BCUT2D eigenvalue weighted by molar-refractivity contribution is -0.130. The zero-order valence-corrected chi connectivity index (χ0v) is 12.4. The van der Waals surface area contributed by atoms with Crippen LogP contribution < -0.4 is 5.73 Å². The monoisotopic (exact) mass is 263 g/mol. The highest BCUT2D eigenvalue weighted by Gasteiger charge is 2.12. The van der Waals surface area contributed by atoms with Crippen LogP contribution in [0, 0.1) is 6.92 Å². The number of hydrogen-bond donors (Lipinski definition) is 1. The molecule has 0 spiro atoms. The second kappa shape index (κ2) is 7.26. The summed E-state index contributed by atoms with van der Waals surface area (Å²) in [5.41, 5.74) is 9.27. The van der Waals surface area contributed by atoms with Gasteiger partial charge < -0.3 is 10.6 Å². The fourth-order valence-electron chi connectivity index (χ4n) is 1.92. The van der Waals surface area contributed by atoms with Crippen molar-refractivity contribution in [2.45, 2.75) is 26.9 Å². The smallest absolute Gasteiger partial charge is 0.236 e. The summed E-state index contributed by atoms with van der Waals surface area (Å²) in [6.45, 7) is 6.85. The molecule has 0 saturated carbocycles. The van der Waals surface area contributed by atoms with E-state index < -0.39 is 0 Å². The Bertz CT molecular complexity index is 429. The molecule has 1 aromatic carbocycles. The minimum atomic E-state index is 0.137. The normalized spacial score (nSPS) is 10.8. The first-order valence-corrected chi connectivity index (χ1v) is 6.68. The van der Waals surface area contributed by atoms with Crippen LogP contribution in [0.25, 0.3) is 0 Å². The fourth-order valence-corrected chi connectivity index (χ4v) is 1.92. The molecule has 0 aliphatic carbocycles. The quantitative estimate of drug-likeness (QED) is 0.843. The lowest BCUT2D eigenvalue weighted by Crippen LogP contribution is -2.36. The van der Waals surface area contributed by atoms with Crippen molar-refractivity contribution >= 4 is 5.91 Å². The van der Waals surface area contributed by atoms with Crippen molar-refractivity contribution in [2.24, 2.45) is 5.73 Å². The van der Waals surface area contributed by atoms with Crippen LogP contribution in [0.1, 0.15) is 23.6 Å². The molecule has 0 atom stereocenters. The first-order chi connectivity index (χ1) is 8.97. The molecular formula is C15H25N3O. The van der Waals surface area contributed by atoms with E-state index >= 15 is 0 Å². The topological polar surface area (TPSA) is 49.6 Å². The van der Waals surface area contributed by atoms with Crippen molar-refractivity contribution in [1.29, 1.82) is 0 Å². The Labute approximate surface area is 116 Å². The Morgan fingerprint density at radius 1 is 1.32 bits per heavy atom. The molecule has 4 nitrogen and oxygen atoms in total. The zero-order valence-electron chi connectivity index (χ0n) is 12.4. The van der Waals surface area contributed by atoms with Crippen molar-refractivity contribution in [3.05, 3.63) is 34.9 Å². The summed E-state index contributed by atoms with van der Waals surface area (Å²) in [5.74, 6) is 0.137. The van der Waals surface area contributed by atoms with Crippen LogP contribution in [0.15, 0.2) is 18.2 Å². The van der Waals surface area contributed by atoms with Crippen LogP contribution in [0.3, 0.4) is 0 Å². The third-order valence-electron chi connectivity index (χ3n) is 3.34. The van der Waals surface area contributed by atoms with E-state index in [1.807, 2.05) is 0 Å². The van der Waals surface area contributed by atoms with Gasteiger partial charge in [-0.3, -0.25) is 9.69 Å². The minimum absolute atomic E-state index is 0.137. The molecule has 1 amide bonds.